The van der Waals surface area contributed by atoms with Crippen molar-refractivity contribution in [3.05, 3.63) is 28.5 Å². The van der Waals surface area contributed by atoms with Crippen molar-refractivity contribution in [2.45, 2.75) is 32.4 Å². The van der Waals surface area contributed by atoms with E-state index in [0.29, 0.717) is 16.8 Å². The maximum absolute atomic E-state index is 11.8. The van der Waals surface area contributed by atoms with Crippen molar-refractivity contribution < 1.29 is 14.3 Å². The number of ether oxygens (including phenoxy) is 2. The van der Waals surface area contributed by atoms with Crippen LogP contribution in [0.15, 0.2) is 22.9 Å². The van der Waals surface area contributed by atoms with Gasteiger partial charge in [0.1, 0.15) is 6.73 Å². The highest BCUT2D eigenvalue weighted by Gasteiger charge is 2.15. The number of imidazole rings is 1. The second-order valence-corrected chi connectivity index (χ2v) is 12.9. The number of esters is 1. The summed E-state index contributed by atoms with van der Waals surface area (Å²) in [4.78, 5) is 16.1. The predicted molar refractivity (Wildman–Crippen MR) is 92.9 cm³/mol. The molecule has 0 atom stereocenters. The highest BCUT2D eigenvalue weighted by atomic mass is 79.9. The van der Waals surface area contributed by atoms with E-state index in [4.69, 9.17) is 9.47 Å². The summed E-state index contributed by atoms with van der Waals surface area (Å²) in [5, 5.41) is 0. The largest absolute Gasteiger partial charge is 0.465 e. The van der Waals surface area contributed by atoms with Gasteiger partial charge in [-0.2, -0.15) is 0 Å². The average molecular weight is 385 g/mol. The fraction of sp³-hybridized carbons (Fsp3) is 0.467. The quantitative estimate of drug-likeness (QED) is 0.430. The lowest BCUT2D eigenvalue weighted by atomic mass is 10.2. The van der Waals surface area contributed by atoms with Crippen molar-refractivity contribution in [3.63, 3.8) is 0 Å². The van der Waals surface area contributed by atoms with E-state index in [1.54, 1.807) is 12.4 Å². The molecule has 0 bridgehead atoms. The molecule has 0 amide bonds. The maximum atomic E-state index is 11.8. The van der Waals surface area contributed by atoms with Crippen LogP contribution < -0.4 is 0 Å². The van der Waals surface area contributed by atoms with Crippen molar-refractivity contribution >= 4 is 41.0 Å². The molecule has 0 saturated heterocycles. The van der Waals surface area contributed by atoms with Gasteiger partial charge in [0.15, 0.2) is 0 Å². The van der Waals surface area contributed by atoms with Crippen molar-refractivity contribution in [2.75, 3.05) is 13.7 Å². The number of aromatic nitrogens is 2. The van der Waals surface area contributed by atoms with Crippen LogP contribution in [-0.4, -0.2) is 37.3 Å². The third-order valence-electron chi connectivity index (χ3n) is 3.34. The van der Waals surface area contributed by atoms with Crippen LogP contribution in [0.5, 0.6) is 0 Å². The van der Waals surface area contributed by atoms with E-state index in [9.17, 15) is 4.79 Å². The first kappa shape index (κ1) is 17.2. The van der Waals surface area contributed by atoms with Crippen molar-refractivity contribution in [3.8, 4) is 0 Å². The highest BCUT2D eigenvalue weighted by molar-refractivity contribution is 9.10. The first-order valence-corrected chi connectivity index (χ1v) is 11.6. The Morgan fingerprint density at radius 2 is 2.09 bits per heavy atom. The smallest absolute Gasteiger partial charge is 0.339 e. The molecule has 7 heteroatoms. The zero-order valence-corrected chi connectivity index (χ0v) is 15.9. The van der Waals surface area contributed by atoms with Gasteiger partial charge >= 0.3 is 5.97 Å². The maximum Gasteiger partial charge on any atom is 0.339 e. The lowest BCUT2D eigenvalue weighted by molar-refractivity contribution is 0.0599. The Morgan fingerprint density at radius 3 is 2.73 bits per heavy atom. The fourth-order valence-corrected chi connectivity index (χ4v) is 3.24. The van der Waals surface area contributed by atoms with Gasteiger partial charge in [0.05, 0.1) is 30.0 Å². The normalized spacial score (nSPS) is 11.9. The molecular weight excluding hydrogens is 364 g/mol. The summed E-state index contributed by atoms with van der Waals surface area (Å²) in [6, 6.07) is 4.72. The van der Waals surface area contributed by atoms with Gasteiger partial charge in [0.2, 0.25) is 0 Å². The van der Waals surface area contributed by atoms with Gasteiger partial charge in [-0.05, 0) is 34.1 Å². The molecule has 0 radical (unpaired) electrons. The molecule has 0 spiro atoms. The summed E-state index contributed by atoms with van der Waals surface area (Å²) in [5.74, 6) is -0.374. The minimum Gasteiger partial charge on any atom is -0.465 e. The van der Waals surface area contributed by atoms with E-state index >= 15 is 0 Å². The molecule has 2 aromatic rings. The number of hydrogen-bond donors (Lipinski definition) is 0. The predicted octanol–water partition coefficient (Wildman–Crippen LogP) is 3.90. The number of halogens is 1. The van der Waals surface area contributed by atoms with Gasteiger partial charge in [0.25, 0.3) is 0 Å². The molecule has 0 aliphatic rings. The monoisotopic (exact) mass is 384 g/mol. The van der Waals surface area contributed by atoms with E-state index in [0.717, 1.165) is 23.7 Å². The topological polar surface area (TPSA) is 53.3 Å². The zero-order chi connectivity index (χ0) is 16.3. The number of fused-ring (bicyclic) bond motifs is 1. The molecule has 1 aromatic heterocycles. The molecule has 5 nitrogen and oxygen atoms in total. The van der Waals surface area contributed by atoms with E-state index in [1.165, 1.54) is 7.11 Å². The number of methoxy groups -OCH3 is 1. The number of benzene rings is 1. The van der Waals surface area contributed by atoms with Gasteiger partial charge < -0.3 is 14.0 Å². The Balaban J connectivity index is 2.16. The molecule has 22 heavy (non-hydrogen) atoms. The molecule has 0 aliphatic carbocycles. The van der Waals surface area contributed by atoms with Crippen molar-refractivity contribution in [2.24, 2.45) is 0 Å². The minimum atomic E-state index is -1.09. The SMILES string of the molecule is COC(=O)c1cc2c(cc1Br)ncn2COCC[Si](C)(C)C. The van der Waals surface area contributed by atoms with Crippen LogP contribution in [-0.2, 0) is 16.2 Å². The first-order valence-electron chi connectivity index (χ1n) is 7.12. The average Bonchev–Trinajstić information content (AvgIpc) is 2.83. The summed E-state index contributed by atoms with van der Waals surface area (Å²) in [5.41, 5.74) is 2.16. The summed E-state index contributed by atoms with van der Waals surface area (Å²) in [7, 11) is 0.284. The Bertz CT molecular complexity index is 679. The lowest BCUT2D eigenvalue weighted by Crippen LogP contribution is -2.21. The second kappa shape index (κ2) is 6.93. The Hall–Kier alpha value is -1.18. The molecule has 1 aromatic carbocycles. The van der Waals surface area contributed by atoms with Gasteiger partial charge in [-0.1, -0.05) is 19.6 Å². The van der Waals surface area contributed by atoms with Gasteiger partial charge in [0, 0.05) is 19.2 Å². The van der Waals surface area contributed by atoms with E-state index in [1.807, 2.05) is 10.6 Å². The van der Waals surface area contributed by atoms with Crippen LogP contribution in [0, 0.1) is 0 Å². The van der Waals surface area contributed by atoms with E-state index in [2.05, 4.69) is 40.6 Å². The zero-order valence-electron chi connectivity index (χ0n) is 13.4. The lowest BCUT2D eigenvalue weighted by Gasteiger charge is -2.15. The summed E-state index contributed by atoms with van der Waals surface area (Å²) < 4.78 is 13.1. The standard InChI is InChI=1S/C15H21BrN2O3Si/c1-20-15(19)11-7-14-13(8-12(11)16)17-9-18(14)10-21-5-6-22(2,3)4/h7-9H,5-6,10H2,1-4H3. The number of rotatable bonds is 6. The number of carbonyl (C=O) groups is 1. The van der Waals surface area contributed by atoms with Crippen LogP contribution >= 0.6 is 15.9 Å². The molecule has 0 fully saturated rings. The number of carbonyl (C=O) groups excluding carboxylic acids is 1. The Labute approximate surface area is 139 Å². The molecular formula is C15H21BrN2O3Si. The van der Waals surface area contributed by atoms with Gasteiger partial charge in [-0.3, -0.25) is 0 Å². The molecule has 0 saturated carbocycles. The van der Waals surface area contributed by atoms with Crippen LogP contribution in [0.1, 0.15) is 10.4 Å². The Kier molecular flexibility index (Phi) is 5.41. The van der Waals surface area contributed by atoms with Crippen LogP contribution in [0.25, 0.3) is 11.0 Å². The number of nitrogens with zero attached hydrogens (tertiary/aromatic N) is 2. The second-order valence-electron chi connectivity index (χ2n) is 6.37. The van der Waals surface area contributed by atoms with Crippen molar-refractivity contribution in [1.29, 1.82) is 0 Å². The highest BCUT2D eigenvalue weighted by Crippen LogP contribution is 2.24. The first-order chi connectivity index (χ1) is 10.3. The molecule has 1 heterocycles. The summed E-state index contributed by atoms with van der Waals surface area (Å²) in [6.07, 6.45) is 1.73. The van der Waals surface area contributed by atoms with Crippen LogP contribution in [0.3, 0.4) is 0 Å². The summed E-state index contributed by atoms with van der Waals surface area (Å²) in [6.45, 7) is 8.15. The van der Waals surface area contributed by atoms with E-state index in [-0.39, 0.29) is 5.97 Å². The molecule has 2 rings (SSSR count). The molecule has 0 aliphatic heterocycles. The fourth-order valence-electron chi connectivity index (χ4n) is 1.99. The van der Waals surface area contributed by atoms with Gasteiger partial charge in [-0.25, -0.2) is 9.78 Å². The van der Waals surface area contributed by atoms with Crippen LogP contribution in [0.2, 0.25) is 25.7 Å². The van der Waals surface area contributed by atoms with Gasteiger partial charge in [-0.15, -0.1) is 0 Å². The van der Waals surface area contributed by atoms with Crippen molar-refractivity contribution in [1.82, 2.24) is 9.55 Å². The third kappa shape index (κ3) is 4.18. The van der Waals surface area contributed by atoms with E-state index < -0.39 is 8.07 Å². The molecule has 0 N–H and O–H groups in total. The molecule has 120 valence electrons. The minimum absolute atomic E-state index is 0.374. The summed E-state index contributed by atoms with van der Waals surface area (Å²) >= 11 is 3.38. The number of hydrogen-bond acceptors (Lipinski definition) is 4. The molecule has 0 unspecified atom stereocenters. The third-order valence-corrected chi connectivity index (χ3v) is 5.70. The Morgan fingerprint density at radius 1 is 1.36 bits per heavy atom. The van der Waals surface area contributed by atoms with Crippen LogP contribution in [0.4, 0.5) is 0 Å².